The van der Waals surface area contributed by atoms with Crippen molar-refractivity contribution in [2.75, 3.05) is 20.3 Å². The van der Waals surface area contributed by atoms with Gasteiger partial charge in [0.15, 0.2) is 5.78 Å². The van der Waals surface area contributed by atoms with Crippen LogP contribution in [0.2, 0.25) is 0 Å². The molecule has 0 radical (unpaired) electrons. The van der Waals surface area contributed by atoms with Crippen molar-refractivity contribution >= 4 is 11.9 Å². The summed E-state index contributed by atoms with van der Waals surface area (Å²) in [7, 11) is 1.62. The molecule has 2 aromatic carbocycles. The summed E-state index contributed by atoms with van der Waals surface area (Å²) in [6.45, 7) is 12.2. The topological polar surface area (TPSA) is 44.8 Å². The number of methoxy groups -OCH3 is 1. The van der Waals surface area contributed by atoms with Crippen molar-refractivity contribution in [3.63, 3.8) is 0 Å². The van der Waals surface area contributed by atoms with Crippen LogP contribution in [0.1, 0.15) is 41.3 Å². The first-order valence-electron chi connectivity index (χ1n) is 9.52. The second-order valence-corrected chi connectivity index (χ2v) is 6.71. The molecule has 4 heteroatoms. The van der Waals surface area contributed by atoms with Crippen molar-refractivity contribution in [3.8, 4) is 17.2 Å². The van der Waals surface area contributed by atoms with Crippen molar-refractivity contribution in [1.82, 2.24) is 0 Å². The molecule has 4 nitrogen and oxygen atoms in total. The average molecular weight is 392 g/mol. The third kappa shape index (κ3) is 6.11. The molecule has 0 atom stereocenters. The van der Waals surface area contributed by atoms with Gasteiger partial charge < -0.3 is 14.2 Å². The van der Waals surface area contributed by atoms with E-state index >= 15 is 0 Å². The highest BCUT2D eigenvalue weighted by Gasteiger charge is 2.18. The predicted molar refractivity (Wildman–Crippen MR) is 118 cm³/mol. The van der Waals surface area contributed by atoms with Gasteiger partial charge in [0.25, 0.3) is 0 Å². The molecule has 0 saturated carbocycles. The van der Waals surface area contributed by atoms with Gasteiger partial charge in [-0.05, 0) is 41.3 Å². The second kappa shape index (κ2) is 10.9. The van der Waals surface area contributed by atoms with E-state index < -0.39 is 0 Å². The molecule has 152 valence electrons. The zero-order valence-corrected chi connectivity index (χ0v) is 17.3. The van der Waals surface area contributed by atoms with Crippen LogP contribution >= 0.6 is 0 Å². The molecular formula is C25H28O4. The Labute approximate surface area is 173 Å². The average Bonchev–Trinajstić information content (AvgIpc) is 2.74. The Morgan fingerprint density at radius 1 is 1.00 bits per heavy atom. The summed E-state index contributed by atoms with van der Waals surface area (Å²) in [6.07, 6.45) is 6.65. The lowest BCUT2D eigenvalue weighted by Gasteiger charge is -2.17. The van der Waals surface area contributed by atoms with Gasteiger partial charge in [-0.3, -0.25) is 4.79 Å². The highest BCUT2D eigenvalue weighted by Crippen LogP contribution is 2.34. The van der Waals surface area contributed by atoms with E-state index in [2.05, 4.69) is 27.0 Å². The molecule has 0 spiro atoms. The first-order valence-corrected chi connectivity index (χ1v) is 9.52. The van der Waals surface area contributed by atoms with Crippen LogP contribution in [0.15, 0.2) is 67.8 Å². The van der Waals surface area contributed by atoms with Crippen molar-refractivity contribution in [2.45, 2.75) is 19.8 Å². The molecule has 2 rings (SSSR count). The Morgan fingerprint density at radius 2 is 1.62 bits per heavy atom. The lowest BCUT2D eigenvalue weighted by Crippen LogP contribution is -2.07. The summed E-state index contributed by atoms with van der Waals surface area (Å²) >= 11 is 0. The first-order chi connectivity index (χ1) is 14.0. The minimum atomic E-state index is -0.142. The van der Waals surface area contributed by atoms with Gasteiger partial charge in [-0.25, -0.2) is 0 Å². The van der Waals surface area contributed by atoms with E-state index in [4.69, 9.17) is 14.2 Å². The Hall–Kier alpha value is -3.27. The minimum Gasteiger partial charge on any atom is -0.497 e. The van der Waals surface area contributed by atoms with Crippen LogP contribution < -0.4 is 14.2 Å². The molecule has 0 aromatic heterocycles. The molecule has 0 amide bonds. The van der Waals surface area contributed by atoms with Crippen LogP contribution in [0.4, 0.5) is 0 Å². The fraction of sp³-hybridized carbons (Fsp3) is 0.240. The fourth-order valence-corrected chi connectivity index (χ4v) is 2.74. The molecule has 2 aromatic rings. The summed E-state index contributed by atoms with van der Waals surface area (Å²) in [5, 5.41) is 0. The highest BCUT2D eigenvalue weighted by molar-refractivity contribution is 6.09. The number of hydrogen-bond acceptors (Lipinski definition) is 4. The maximum Gasteiger partial charge on any atom is 0.189 e. The molecule has 0 fully saturated rings. The minimum absolute atomic E-state index is 0.142. The van der Waals surface area contributed by atoms with Gasteiger partial charge in [0.2, 0.25) is 0 Å². The van der Waals surface area contributed by atoms with Gasteiger partial charge in [-0.15, -0.1) is 0 Å². The zero-order valence-electron chi connectivity index (χ0n) is 17.3. The molecule has 0 unspecified atom stereocenters. The van der Waals surface area contributed by atoms with E-state index in [1.807, 2.05) is 30.3 Å². The quantitative estimate of drug-likeness (QED) is 0.274. The van der Waals surface area contributed by atoms with Gasteiger partial charge in [0.1, 0.15) is 30.5 Å². The number of ether oxygens (including phenoxy) is 3. The van der Waals surface area contributed by atoms with Gasteiger partial charge in [0.05, 0.1) is 12.7 Å². The van der Waals surface area contributed by atoms with Crippen LogP contribution in [-0.4, -0.2) is 26.1 Å². The smallest absolute Gasteiger partial charge is 0.189 e. The molecule has 0 heterocycles. The Balaban J connectivity index is 2.39. The van der Waals surface area contributed by atoms with Gasteiger partial charge in [-0.1, -0.05) is 57.4 Å². The largest absolute Gasteiger partial charge is 0.497 e. The number of benzene rings is 2. The van der Waals surface area contributed by atoms with Gasteiger partial charge in [0, 0.05) is 6.07 Å². The summed E-state index contributed by atoms with van der Waals surface area (Å²) in [6, 6.07) is 11.1. The Kier molecular flexibility index (Phi) is 8.28. The standard InChI is InChI=1S/C25H28O4/c1-6-14-28-24-17-25(29-15-7-2)22(16-21(24)18(3)4)23(26)13-10-19-8-11-20(27-5)12-9-19/h6-13,16-18H,1-2,14-15H2,3-5H3/b13-10+. The highest BCUT2D eigenvalue weighted by atomic mass is 16.5. The Morgan fingerprint density at radius 3 is 2.17 bits per heavy atom. The van der Waals surface area contributed by atoms with Gasteiger partial charge in [-0.2, -0.15) is 0 Å². The molecule has 0 saturated heterocycles. The van der Waals surface area contributed by atoms with Crippen LogP contribution in [0.25, 0.3) is 6.08 Å². The number of ketones is 1. The summed E-state index contributed by atoms with van der Waals surface area (Å²) in [4.78, 5) is 13.0. The number of hydrogen-bond donors (Lipinski definition) is 0. The summed E-state index contributed by atoms with van der Waals surface area (Å²) < 4.78 is 16.7. The third-order valence-electron chi connectivity index (χ3n) is 4.26. The Bertz CT molecular complexity index is 876. The molecule has 0 bridgehead atoms. The number of rotatable bonds is 11. The normalized spacial score (nSPS) is 10.8. The number of carbonyl (C=O) groups is 1. The summed E-state index contributed by atoms with van der Waals surface area (Å²) in [5.41, 5.74) is 2.34. The zero-order chi connectivity index (χ0) is 21.2. The van der Waals surface area contributed by atoms with E-state index in [1.54, 1.807) is 37.5 Å². The lowest BCUT2D eigenvalue weighted by atomic mass is 9.96. The molecule has 29 heavy (non-hydrogen) atoms. The lowest BCUT2D eigenvalue weighted by molar-refractivity contribution is 0.104. The van der Waals surface area contributed by atoms with Crippen LogP contribution in [0.5, 0.6) is 17.2 Å². The second-order valence-electron chi connectivity index (χ2n) is 6.71. The van der Waals surface area contributed by atoms with E-state index in [0.717, 1.165) is 16.9 Å². The van der Waals surface area contributed by atoms with E-state index in [-0.39, 0.29) is 11.7 Å². The molecule has 0 aliphatic heterocycles. The molecule has 0 aliphatic carbocycles. The van der Waals surface area contributed by atoms with E-state index in [9.17, 15) is 4.79 Å². The predicted octanol–water partition coefficient (Wildman–Crippen LogP) is 5.84. The molecular weight excluding hydrogens is 364 g/mol. The van der Waals surface area contributed by atoms with Crippen molar-refractivity contribution in [1.29, 1.82) is 0 Å². The molecule has 0 N–H and O–H groups in total. The van der Waals surface area contributed by atoms with Crippen LogP contribution in [-0.2, 0) is 0 Å². The monoisotopic (exact) mass is 392 g/mol. The maximum absolute atomic E-state index is 13.0. The SMILES string of the molecule is C=CCOc1cc(OCC=C)c(C(C)C)cc1C(=O)/C=C/c1ccc(OC)cc1. The number of carbonyl (C=O) groups excluding carboxylic acids is 1. The third-order valence-corrected chi connectivity index (χ3v) is 4.26. The van der Waals surface area contributed by atoms with E-state index in [1.165, 1.54) is 0 Å². The van der Waals surface area contributed by atoms with Crippen molar-refractivity contribution in [3.05, 3.63) is 84.5 Å². The van der Waals surface area contributed by atoms with Crippen molar-refractivity contribution in [2.24, 2.45) is 0 Å². The number of allylic oxidation sites excluding steroid dienone is 1. The van der Waals surface area contributed by atoms with E-state index in [0.29, 0.717) is 30.3 Å². The van der Waals surface area contributed by atoms with Crippen molar-refractivity contribution < 1.29 is 19.0 Å². The first kappa shape index (κ1) is 22.0. The molecule has 0 aliphatic rings. The summed E-state index contributed by atoms with van der Waals surface area (Å²) in [5.74, 6) is 1.97. The van der Waals surface area contributed by atoms with Crippen LogP contribution in [0, 0.1) is 0 Å². The maximum atomic E-state index is 13.0. The van der Waals surface area contributed by atoms with Crippen LogP contribution in [0.3, 0.4) is 0 Å². The van der Waals surface area contributed by atoms with Gasteiger partial charge >= 0.3 is 0 Å². The fourth-order valence-electron chi connectivity index (χ4n) is 2.74.